The summed E-state index contributed by atoms with van der Waals surface area (Å²) in [7, 11) is 0. The molecule has 0 saturated carbocycles. The van der Waals surface area contributed by atoms with Crippen LogP contribution >= 0.6 is 11.3 Å². The molecule has 132 valence electrons. The molecule has 1 N–H and O–H groups in total. The summed E-state index contributed by atoms with van der Waals surface area (Å²) in [6.45, 7) is 5.72. The van der Waals surface area contributed by atoms with Crippen molar-refractivity contribution in [1.29, 1.82) is 0 Å². The highest BCUT2D eigenvalue weighted by Gasteiger charge is 2.44. The van der Waals surface area contributed by atoms with E-state index in [4.69, 9.17) is 4.74 Å². The van der Waals surface area contributed by atoms with Crippen LogP contribution in [0.4, 0.5) is 5.13 Å². The number of nitrogens with one attached hydrogen (secondary N) is 1. The van der Waals surface area contributed by atoms with E-state index in [2.05, 4.69) is 20.5 Å². The number of carbonyl (C=O) groups excluding carboxylic acids is 1. The number of aryl methyl sites for hydroxylation is 1. The Morgan fingerprint density at radius 2 is 1.92 bits per heavy atom. The maximum atomic E-state index is 13.1. The Balaban J connectivity index is 1.77. The number of aromatic nitrogens is 3. The average molecular weight is 366 g/mol. The van der Waals surface area contributed by atoms with E-state index >= 15 is 0 Å². The van der Waals surface area contributed by atoms with Crippen LogP contribution < -0.4 is 10.1 Å². The zero-order valence-electron chi connectivity index (χ0n) is 14.7. The number of rotatable bonds is 3. The van der Waals surface area contributed by atoms with Crippen LogP contribution in [0.1, 0.15) is 35.9 Å². The third kappa shape index (κ3) is 2.74. The zero-order valence-corrected chi connectivity index (χ0v) is 15.5. The molecule has 7 heteroatoms. The molecular weight excluding hydrogens is 348 g/mol. The predicted octanol–water partition coefficient (Wildman–Crippen LogP) is 4.14. The van der Waals surface area contributed by atoms with E-state index in [9.17, 15) is 4.79 Å². The summed E-state index contributed by atoms with van der Waals surface area (Å²) in [6.07, 6.45) is 1.70. The molecule has 3 heterocycles. The SMILES string of the molecule is Cc1nnc(NC(=O)C(C)(C)C2c3ccccc3Oc3ncccc32)s1. The van der Waals surface area contributed by atoms with Gasteiger partial charge in [-0.3, -0.25) is 4.79 Å². The van der Waals surface area contributed by atoms with Crippen LogP contribution in [0.3, 0.4) is 0 Å². The number of benzene rings is 1. The van der Waals surface area contributed by atoms with Crippen LogP contribution in [0.5, 0.6) is 11.6 Å². The molecule has 26 heavy (non-hydrogen) atoms. The quantitative estimate of drug-likeness (QED) is 0.754. The molecule has 1 aliphatic rings. The highest BCUT2D eigenvalue weighted by atomic mass is 32.1. The van der Waals surface area contributed by atoms with Crippen molar-refractivity contribution in [3.8, 4) is 11.6 Å². The number of para-hydroxylation sites is 1. The van der Waals surface area contributed by atoms with Gasteiger partial charge in [0.2, 0.25) is 16.9 Å². The topological polar surface area (TPSA) is 77.0 Å². The lowest BCUT2D eigenvalue weighted by molar-refractivity contribution is -0.124. The van der Waals surface area contributed by atoms with Gasteiger partial charge in [-0.05, 0) is 19.1 Å². The second-order valence-corrected chi connectivity index (χ2v) is 7.95. The van der Waals surface area contributed by atoms with Crippen LogP contribution in [-0.2, 0) is 4.79 Å². The molecule has 0 saturated heterocycles. The Morgan fingerprint density at radius 3 is 2.69 bits per heavy atom. The van der Waals surface area contributed by atoms with E-state index in [-0.39, 0.29) is 11.8 Å². The molecule has 4 rings (SSSR count). The Hall–Kier alpha value is -2.80. The summed E-state index contributed by atoms with van der Waals surface area (Å²) in [4.78, 5) is 17.5. The van der Waals surface area contributed by atoms with Gasteiger partial charge in [0.1, 0.15) is 10.8 Å². The van der Waals surface area contributed by atoms with Crippen molar-refractivity contribution in [2.75, 3.05) is 5.32 Å². The fourth-order valence-corrected chi connectivity index (χ4v) is 3.89. The molecule has 0 spiro atoms. The number of fused-ring (bicyclic) bond motifs is 2. The smallest absolute Gasteiger partial charge is 0.232 e. The Morgan fingerprint density at radius 1 is 1.15 bits per heavy atom. The first-order chi connectivity index (χ1) is 12.5. The van der Waals surface area contributed by atoms with E-state index < -0.39 is 5.41 Å². The molecule has 1 unspecified atom stereocenters. The van der Waals surface area contributed by atoms with Crippen molar-refractivity contribution in [2.45, 2.75) is 26.7 Å². The predicted molar refractivity (Wildman–Crippen MR) is 99.7 cm³/mol. The lowest BCUT2D eigenvalue weighted by atomic mass is 9.70. The van der Waals surface area contributed by atoms with Crippen molar-refractivity contribution in [3.63, 3.8) is 0 Å². The Labute approximate surface area is 155 Å². The minimum atomic E-state index is -0.753. The highest BCUT2D eigenvalue weighted by molar-refractivity contribution is 7.15. The third-order valence-electron chi connectivity index (χ3n) is 4.60. The minimum Gasteiger partial charge on any atom is -0.438 e. The number of hydrogen-bond acceptors (Lipinski definition) is 6. The minimum absolute atomic E-state index is 0.120. The van der Waals surface area contributed by atoms with Gasteiger partial charge in [0, 0.05) is 23.2 Å². The Kier molecular flexibility index (Phi) is 3.96. The fourth-order valence-electron chi connectivity index (χ4n) is 3.31. The number of pyridine rings is 1. The second kappa shape index (κ2) is 6.17. The summed E-state index contributed by atoms with van der Waals surface area (Å²) < 4.78 is 5.94. The number of nitrogens with zero attached hydrogens (tertiary/aromatic N) is 3. The average Bonchev–Trinajstić information content (AvgIpc) is 3.04. The molecule has 1 atom stereocenters. The summed E-state index contributed by atoms with van der Waals surface area (Å²) in [5.74, 6) is 0.968. The number of anilines is 1. The molecule has 1 amide bonds. The van der Waals surface area contributed by atoms with Gasteiger partial charge in [0.05, 0.1) is 5.41 Å². The fraction of sp³-hybridized carbons (Fsp3) is 0.263. The summed E-state index contributed by atoms with van der Waals surface area (Å²) in [6, 6.07) is 11.6. The van der Waals surface area contributed by atoms with Crippen LogP contribution in [0.15, 0.2) is 42.6 Å². The van der Waals surface area contributed by atoms with Crippen LogP contribution in [-0.4, -0.2) is 21.1 Å². The largest absolute Gasteiger partial charge is 0.438 e. The maximum absolute atomic E-state index is 13.1. The van der Waals surface area contributed by atoms with E-state index in [1.165, 1.54) is 11.3 Å². The summed E-state index contributed by atoms with van der Waals surface area (Å²) >= 11 is 1.36. The molecule has 0 aliphatic carbocycles. The van der Waals surface area contributed by atoms with Gasteiger partial charge in [0.15, 0.2) is 0 Å². The first kappa shape index (κ1) is 16.7. The van der Waals surface area contributed by atoms with Gasteiger partial charge in [-0.15, -0.1) is 10.2 Å². The monoisotopic (exact) mass is 366 g/mol. The number of amides is 1. The van der Waals surface area contributed by atoms with Crippen molar-refractivity contribution in [2.24, 2.45) is 5.41 Å². The van der Waals surface area contributed by atoms with Gasteiger partial charge in [-0.2, -0.15) is 0 Å². The van der Waals surface area contributed by atoms with Gasteiger partial charge >= 0.3 is 0 Å². The lowest BCUT2D eigenvalue weighted by Crippen LogP contribution is -2.38. The van der Waals surface area contributed by atoms with Crippen molar-refractivity contribution in [3.05, 3.63) is 58.7 Å². The van der Waals surface area contributed by atoms with Crippen LogP contribution in [0.2, 0.25) is 0 Å². The summed E-state index contributed by atoms with van der Waals surface area (Å²) in [5, 5.41) is 12.2. The molecule has 6 nitrogen and oxygen atoms in total. The van der Waals surface area contributed by atoms with E-state index in [1.807, 2.05) is 57.2 Å². The first-order valence-electron chi connectivity index (χ1n) is 8.30. The standard InChI is InChI=1S/C19H18N4O2S/c1-11-22-23-18(26-11)21-17(24)19(2,3)15-12-7-4-5-9-14(12)25-16-13(15)8-6-10-20-16/h4-10,15H,1-3H3,(H,21,23,24). The van der Waals surface area contributed by atoms with E-state index in [1.54, 1.807) is 6.20 Å². The molecule has 0 fully saturated rings. The first-order valence-corrected chi connectivity index (χ1v) is 9.11. The summed E-state index contributed by atoms with van der Waals surface area (Å²) in [5.41, 5.74) is 1.12. The van der Waals surface area contributed by atoms with E-state index in [0.29, 0.717) is 11.0 Å². The third-order valence-corrected chi connectivity index (χ3v) is 5.36. The molecule has 1 aromatic carbocycles. The van der Waals surface area contributed by atoms with E-state index in [0.717, 1.165) is 21.9 Å². The van der Waals surface area contributed by atoms with Crippen molar-refractivity contribution < 1.29 is 9.53 Å². The van der Waals surface area contributed by atoms with Crippen LogP contribution in [0, 0.1) is 12.3 Å². The molecule has 0 radical (unpaired) electrons. The Bertz CT molecular complexity index is 937. The molecule has 1 aliphatic heterocycles. The van der Waals surface area contributed by atoms with Crippen molar-refractivity contribution >= 4 is 22.4 Å². The molecule has 2 aromatic heterocycles. The molecular formula is C19H18N4O2S. The van der Waals surface area contributed by atoms with Crippen molar-refractivity contribution in [1.82, 2.24) is 15.2 Å². The molecule has 3 aromatic rings. The number of carbonyl (C=O) groups is 1. The van der Waals surface area contributed by atoms with Gasteiger partial charge in [0.25, 0.3) is 0 Å². The molecule has 0 bridgehead atoms. The van der Waals surface area contributed by atoms with Gasteiger partial charge in [-0.1, -0.05) is 49.4 Å². The number of hydrogen-bond donors (Lipinski definition) is 1. The normalized spacial score (nSPS) is 15.6. The van der Waals surface area contributed by atoms with Crippen LogP contribution in [0.25, 0.3) is 0 Å². The van der Waals surface area contributed by atoms with Gasteiger partial charge < -0.3 is 10.1 Å². The van der Waals surface area contributed by atoms with Gasteiger partial charge in [-0.25, -0.2) is 4.98 Å². The second-order valence-electron chi connectivity index (χ2n) is 6.77. The zero-order chi connectivity index (χ0) is 18.3. The maximum Gasteiger partial charge on any atom is 0.232 e. The highest BCUT2D eigenvalue weighted by Crippen LogP contribution is 2.51. The lowest BCUT2D eigenvalue weighted by Gasteiger charge is -2.37. The number of ether oxygens (including phenoxy) is 1.